The van der Waals surface area contributed by atoms with Crippen LogP contribution in [-0.2, 0) is 23.6 Å². The standard InChI is InChI=1S/C30H61O6PS/c1-6-8-10-12-14-15-16-18-20-25-38-28(22-19-17-13-11-9-7-2)27(5)34-23-21-24-35-30(32,37-33)29(31)36-26(3)4/h26-28,32H,6-25,37H2,1-5H3. The first-order chi connectivity index (χ1) is 18.3. The Kier molecular flexibility index (Phi) is 25.8. The molecule has 0 radical (unpaired) electrons. The summed E-state index contributed by atoms with van der Waals surface area (Å²) in [6.45, 7) is 10.6. The zero-order valence-corrected chi connectivity index (χ0v) is 27.3. The topological polar surface area (TPSA) is 82.1 Å². The van der Waals surface area contributed by atoms with E-state index in [1.807, 2.05) is 0 Å². The summed E-state index contributed by atoms with van der Waals surface area (Å²) in [5, 5.41) is 10.7. The van der Waals surface area contributed by atoms with Gasteiger partial charge in [0.05, 0.1) is 18.8 Å². The average molecular weight is 581 g/mol. The summed E-state index contributed by atoms with van der Waals surface area (Å²) in [6.07, 6.45) is 21.4. The molecule has 6 nitrogen and oxygen atoms in total. The number of aliphatic hydroxyl groups is 1. The Morgan fingerprint density at radius 2 is 1.32 bits per heavy atom. The van der Waals surface area contributed by atoms with Gasteiger partial charge in [-0.3, -0.25) is 0 Å². The summed E-state index contributed by atoms with van der Waals surface area (Å²) in [6, 6.07) is 0. The Hall–Kier alpha value is -0.0700. The fourth-order valence-corrected chi connectivity index (χ4v) is 6.04. The Labute approximate surface area is 240 Å². The summed E-state index contributed by atoms with van der Waals surface area (Å²) < 4.78 is 27.8. The molecule has 1 N–H and O–H groups in total. The van der Waals surface area contributed by atoms with Crippen molar-refractivity contribution in [2.75, 3.05) is 19.0 Å². The van der Waals surface area contributed by atoms with Gasteiger partial charge in [0.15, 0.2) is 0 Å². The lowest BCUT2D eigenvalue weighted by atomic mass is 10.1. The number of carbonyl (C=O) groups excluding carboxylic acids is 1. The van der Waals surface area contributed by atoms with E-state index in [9.17, 15) is 14.5 Å². The number of hydrogen-bond acceptors (Lipinski definition) is 7. The van der Waals surface area contributed by atoms with Gasteiger partial charge in [-0.2, -0.15) is 11.8 Å². The van der Waals surface area contributed by atoms with Gasteiger partial charge in [0.2, 0.25) is 0 Å². The molecule has 0 aromatic heterocycles. The van der Waals surface area contributed by atoms with Crippen LogP contribution >= 0.6 is 20.2 Å². The predicted molar refractivity (Wildman–Crippen MR) is 164 cm³/mol. The van der Waals surface area contributed by atoms with Crippen LogP contribution in [0, 0.1) is 0 Å². The third-order valence-electron chi connectivity index (χ3n) is 6.73. The van der Waals surface area contributed by atoms with Gasteiger partial charge in [-0.05, 0) is 45.8 Å². The van der Waals surface area contributed by atoms with Crippen LogP contribution in [-0.4, -0.2) is 53.0 Å². The highest BCUT2D eigenvalue weighted by Gasteiger charge is 2.38. The molecular formula is C30H61O6PS. The molecule has 0 bridgehead atoms. The second kappa shape index (κ2) is 25.9. The van der Waals surface area contributed by atoms with E-state index in [1.165, 1.54) is 108 Å². The van der Waals surface area contributed by atoms with Crippen molar-refractivity contribution in [3.8, 4) is 0 Å². The van der Waals surface area contributed by atoms with Crippen LogP contribution in [0.1, 0.15) is 144 Å². The first kappa shape index (κ1) is 37.9. The molecule has 4 unspecified atom stereocenters. The number of ether oxygens (including phenoxy) is 3. The van der Waals surface area contributed by atoms with E-state index in [2.05, 4.69) is 32.5 Å². The molecule has 0 rings (SSSR count). The molecule has 8 heteroatoms. The summed E-state index contributed by atoms with van der Waals surface area (Å²) >= 11 is 2.06. The maximum Gasteiger partial charge on any atom is 0.374 e. The lowest BCUT2D eigenvalue weighted by Gasteiger charge is -2.25. The van der Waals surface area contributed by atoms with E-state index in [4.69, 9.17) is 14.2 Å². The lowest BCUT2D eigenvalue weighted by molar-refractivity contribution is -0.199. The molecule has 0 amide bonds. The van der Waals surface area contributed by atoms with Crippen molar-refractivity contribution in [3.63, 3.8) is 0 Å². The van der Waals surface area contributed by atoms with Crippen LogP contribution in [0.2, 0.25) is 0 Å². The van der Waals surface area contributed by atoms with Crippen molar-refractivity contribution in [1.82, 2.24) is 0 Å². The number of carbonyl (C=O) groups is 1. The maximum absolute atomic E-state index is 12.0. The number of thioether (sulfide) groups is 1. The number of rotatable bonds is 28. The molecule has 0 aliphatic rings. The van der Waals surface area contributed by atoms with Crippen molar-refractivity contribution in [3.05, 3.63) is 0 Å². The number of unbranched alkanes of at least 4 members (excludes halogenated alkanes) is 13. The average Bonchev–Trinajstić information content (AvgIpc) is 2.89. The third kappa shape index (κ3) is 20.8. The largest absolute Gasteiger partial charge is 0.459 e. The second-order valence-electron chi connectivity index (χ2n) is 10.8. The molecule has 38 heavy (non-hydrogen) atoms. The summed E-state index contributed by atoms with van der Waals surface area (Å²) in [7, 11) is -1.88. The van der Waals surface area contributed by atoms with Crippen molar-refractivity contribution < 1.29 is 28.7 Å². The van der Waals surface area contributed by atoms with E-state index in [0.29, 0.717) is 18.3 Å². The Morgan fingerprint density at radius 1 is 0.789 bits per heavy atom. The highest BCUT2D eigenvalue weighted by molar-refractivity contribution is 7.99. The summed E-state index contributed by atoms with van der Waals surface area (Å²) in [5.41, 5.74) is -2.35. The molecule has 0 aliphatic heterocycles. The molecule has 0 aliphatic carbocycles. The second-order valence-corrected chi connectivity index (χ2v) is 13.2. The minimum Gasteiger partial charge on any atom is -0.459 e. The molecule has 0 aromatic rings. The fourth-order valence-electron chi connectivity index (χ4n) is 4.33. The lowest BCUT2D eigenvalue weighted by Crippen LogP contribution is -2.39. The smallest absolute Gasteiger partial charge is 0.374 e. The van der Waals surface area contributed by atoms with Gasteiger partial charge in [0, 0.05) is 11.9 Å². The SMILES string of the molecule is CCCCCCCCCCCSC(CCCCCCCC)C(C)OCCCOC(O)([PH2]=O)C(=O)OC(C)C. The summed E-state index contributed by atoms with van der Waals surface area (Å²) in [4.78, 5) is 12.0. The van der Waals surface area contributed by atoms with Crippen molar-refractivity contribution in [2.45, 2.75) is 167 Å². The van der Waals surface area contributed by atoms with Gasteiger partial charge in [-0.15, -0.1) is 0 Å². The maximum atomic E-state index is 12.0. The zero-order valence-electron chi connectivity index (χ0n) is 25.3. The van der Waals surface area contributed by atoms with Crippen molar-refractivity contribution >= 4 is 26.2 Å². The highest BCUT2D eigenvalue weighted by atomic mass is 32.2. The van der Waals surface area contributed by atoms with Crippen LogP contribution in [0.5, 0.6) is 0 Å². The molecule has 0 saturated carbocycles. The van der Waals surface area contributed by atoms with Gasteiger partial charge in [-0.1, -0.05) is 104 Å². The summed E-state index contributed by atoms with van der Waals surface area (Å²) in [5.74, 6) is 0.198. The first-order valence-electron chi connectivity index (χ1n) is 15.6. The van der Waals surface area contributed by atoms with Gasteiger partial charge >= 0.3 is 11.5 Å². The van der Waals surface area contributed by atoms with E-state index < -0.39 is 26.1 Å². The van der Waals surface area contributed by atoms with Gasteiger partial charge < -0.3 is 23.9 Å². The fraction of sp³-hybridized carbons (Fsp3) is 0.967. The highest BCUT2D eigenvalue weighted by Crippen LogP contribution is 2.26. The van der Waals surface area contributed by atoms with Gasteiger partial charge in [0.25, 0.3) is 0 Å². The Bertz CT molecular complexity index is 565. The van der Waals surface area contributed by atoms with E-state index in [-0.39, 0.29) is 12.7 Å². The van der Waals surface area contributed by atoms with Crippen molar-refractivity contribution in [2.24, 2.45) is 0 Å². The molecule has 4 atom stereocenters. The zero-order chi connectivity index (χ0) is 28.5. The molecule has 0 heterocycles. The Morgan fingerprint density at radius 3 is 1.84 bits per heavy atom. The molecule has 0 aromatic carbocycles. The molecule has 0 saturated heterocycles. The third-order valence-corrected chi connectivity index (χ3v) is 9.03. The molecular weight excluding hydrogens is 519 g/mol. The quantitative estimate of drug-likeness (QED) is 0.0430. The predicted octanol–water partition coefficient (Wildman–Crippen LogP) is 8.54. The minimum absolute atomic E-state index is 0.0827. The van der Waals surface area contributed by atoms with E-state index >= 15 is 0 Å². The minimum atomic E-state index is -2.35. The molecule has 228 valence electrons. The molecule has 0 spiro atoms. The normalized spacial score (nSPS) is 15.2. The first-order valence-corrected chi connectivity index (χ1v) is 17.7. The van der Waals surface area contributed by atoms with Crippen LogP contribution in [0.3, 0.4) is 0 Å². The van der Waals surface area contributed by atoms with Gasteiger partial charge in [-0.25, -0.2) is 4.79 Å². The van der Waals surface area contributed by atoms with Crippen LogP contribution in [0.4, 0.5) is 0 Å². The van der Waals surface area contributed by atoms with Crippen LogP contribution in [0.15, 0.2) is 0 Å². The van der Waals surface area contributed by atoms with Crippen molar-refractivity contribution in [1.29, 1.82) is 0 Å². The molecule has 0 fully saturated rings. The van der Waals surface area contributed by atoms with Gasteiger partial charge in [0.1, 0.15) is 8.46 Å². The number of hydrogen-bond donors (Lipinski definition) is 1. The monoisotopic (exact) mass is 580 g/mol. The Balaban J connectivity index is 4.37. The van der Waals surface area contributed by atoms with E-state index in [0.717, 1.165) is 0 Å². The number of esters is 1. The van der Waals surface area contributed by atoms with E-state index in [1.54, 1.807) is 13.8 Å². The van der Waals surface area contributed by atoms with Crippen LogP contribution < -0.4 is 0 Å². The van der Waals surface area contributed by atoms with Crippen LogP contribution in [0.25, 0.3) is 0 Å².